The van der Waals surface area contributed by atoms with Gasteiger partial charge in [-0.15, -0.1) is 0 Å². The molecule has 0 aliphatic rings. The van der Waals surface area contributed by atoms with Crippen molar-refractivity contribution in [1.29, 1.82) is 0 Å². The molecule has 0 spiro atoms. The van der Waals surface area contributed by atoms with E-state index in [2.05, 4.69) is 9.97 Å². The van der Waals surface area contributed by atoms with E-state index in [-0.39, 0.29) is 22.1 Å². The van der Waals surface area contributed by atoms with Gasteiger partial charge in [-0.3, -0.25) is 10.1 Å². The number of nitrogens with zero attached hydrogens (tertiary/aromatic N) is 4. The Morgan fingerprint density at radius 3 is 2.52 bits per heavy atom. The Morgan fingerprint density at radius 2 is 1.86 bits per heavy atom. The maximum atomic E-state index is 12.1. The van der Waals surface area contributed by atoms with Crippen molar-refractivity contribution in [3.05, 3.63) is 75.6 Å². The van der Waals surface area contributed by atoms with Gasteiger partial charge in [-0.25, -0.2) is 14.8 Å². The molecular formula is C19H15ClN4O4S. The van der Waals surface area contributed by atoms with E-state index in [9.17, 15) is 14.9 Å². The van der Waals surface area contributed by atoms with Gasteiger partial charge in [-0.2, -0.15) is 0 Å². The highest BCUT2D eigenvalue weighted by atomic mass is 35.5. The van der Waals surface area contributed by atoms with Crippen molar-refractivity contribution >= 4 is 46.5 Å². The van der Waals surface area contributed by atoms with Gasteiger partial charge in [0.15, 0.2) is 5.03 Å². The SMILES string of the molecule is COC(=O)c1ccccc1N(C)c1ncnc(Sc2ccc(Cl)cc2)c1[N+](=O)[O-]. The lowest BCUT2D eigenvalue weighted by molar-refractivity contribution is -0.387. The van der Waals surface area contributed by atoms with Crippen LogP contribution in [0.25, 0.3) is 0 Å². The molecular weight excluding hydrogens is 416 g/mol. The fourth-order valence-electron chi connectivity index (χ4n) is 2.61. The van der Waals surface area contributed by atoms with Gasteiger partial charge in [0.05, 0.1) is 23.3 Å². The molecule has 8 nitrogen and oxygen atoms in total. The predicted molar refractivity (Wildman–Crippen MR) is 110 cm³/mol. The molecule has 1 aromatic heterocycles. The molecule has 0 atom stereocenters. The van der Waals surface area contributed by atoms with Crippen LogP contribution in [0.1, 0.15) is 10.4 Å². The molecule has 0 saturated heterocycles. The van der Waals surface area contributed by atoms with E-state index < -0.39 is 10.9 Å². The van der Waals surface area contributed by atoms with Gasteiger partial charge in [0, 0.05) is 17.0 Å². The van der Waals surface area contributed by atoms with E-state index in [0.717, 1.165) is 16.7 Å². The van der Waals surface area contributed by atoms with Crippen LogP contribution >= 0.6 is 23.4 Å². The van der Waals surface area contributed by atoms with Gasteiger partial charge in [0.1, 0.15) is 6.33 Å². The third-order valence-corrected chi connectivity index (χ3v) is 5.22. The minimum atomic E-state index is -0.556. The van der Waals surface area contributed by atoms with Crippen LogP contribution in [-0.4, -0.2) is 35.0 Å². The fourth-order valence-corrected chi connectivity index (χ4v) is 3.59. The number of para-hydroxylation sites is 1. The number of benzene rings is 2. The lowest BCUT2D eigenvalue weighted by Crippen LogP contribution is -2.18. The Morgan fingerprint density at radius 1 is 1.17 bits per heavy atom. The summed E-state index contributed by atoms with van der Waals surface area (Å²) in [6.45, 7) is 0. The first-order chi connectivity index (χ1) is 13.9. The second kappa shape index (κ2) is 8.89. The van der Waals surface area contributed by atoms with E-state index in [1.54, 1.807) is 55.6 Å². The molecule has 2 aromatic carbocycles. The van der Waals surface area contributed by atoms with Gasteiger partial charge in [0.25, 0.3) is 0 Å². The van der Waals surface area contributed by atoms with Crippen LogP contribution in [0.2, 0.25) is 5.02 Å². The monoisotopic (exact) mass is 430 g/mol. The summed E-state index contributed by atoms with van der Waals surface area (Å²) in [6, 6.07) is 13.5. The maximum Gasteiger partial charge on any atom is 0.344 e. The van der Waals surface area contributed by atoms with Gasteiger partial charge in [-0.1, -0.05) is 35.5 Å². The van der Waals surface area contributed by atoms with E-state index in [1.807, 2.05) is 0 Å². The number of anilines is 2. The highest BCUT2D eigenvalue weighted by Crippen LogP contribution is 2.40. The van der Waals surface area contributed by atoms with Crippen molar-refractivity contribution < 1.29 is 14.5 Å². The first kappa shape index (κ1) is 20.6. The standard InChI is InChI=1S/C19H15ClN4O4S/c1-23(15-6-4-3-5-14(15)19(25)28-2)17-16(24(26)27)18(22-11-21-17)29-13-9-7-12(20)8-10-13/h3-11H,1-2H3. The van der Waals surface area contributed by atoms with Crippen LogP contribution in [0.15, 0.2) is 64.8 Å². The number of hydrogen-bond donors (Lipinski definition) is 0. The minimum absolute atomic E-state index is 0.0535. The molecule has 10 heteroatoms. The molecule has 0 N–H and O–H groups in total. The normalized spacial score (nSPS) is 10.4. The average Bonchev–Trinajstić information content (AvgIpc) is 2.74. The number of esters is 1. The highest BCUT2D eigenvalue weighted by molar-refractivity contribution is 7.99. The molecule has 0 aliphatic carbocycles. The summed E-state index contributed by atoms with van der Waals surface area (Å²) in [4.78, 5) is 33.8. The maximum absolute atomic E-state index is 12.1. The topological polar surface area (TPSA) is 98.5 Å². The summed E-state index contributed by atoms with van der Waals surface area (Å²) in [5, 5.41) is 12.6. The summed E-state index contributed by atoms with van der Waals surface area (Å²) in [7, 11) is 2.86. The molecule has 3 rings (SSSR count). The lowest BCUT2D eigenvalue weighted by Gasteiger charge is -2.20. The zero-order valence-corrected chi connectivity index (χ0v) is 17.0. The Kier molecular flexibility index (Phi) is 6.30. The first-order valence-electron chi connectivity index (χ1n) is 8.26. The van der Waals surface area contributed by atoms with Crippen molar-refractivity contribution in [3.63, 3.8) is 0 Å². The van der Waals surface area contributed by atoms with Crippen LogP contribution in [0.5, 0.6) is 0 Å². The highest BCUT2D eigenvalue weighted by Gasteiger charge is 2.28. The Bertz CT molecular complexity index is 1060. The second-order valence-corrected chi connectivity index (χ2v) is 7.23. The molecule has 3 aromatic rings. The summed E-state index contributed by atoms with van der Waals surface area (Å²) in [5.74, 6) is -0.502. The number of rotatable bonds is 6. The number of nitro groups is 1. The van der Waals surface area contributed by atoms with Gasteiger partial charge in [-0.05, 0) is 36.4 Å². The van der Waals surface area contributed by atoms with Crippen LogP contribution in [-0.2, 0) is 4.74 Å². The molecule has 0 fully saturated rings. The second-order valence-electron chi connectivity index (χ2n) is 5.73. The summed E-state index contributed by atoms with van der Waals surface area (Å²) in [6.07, 6.45) is 1.25. The third-order valence-electron chi connectivity index (χ3n) is 3.97. The van der Waals surface area contributed by atoms with Crippen molar-refractivity contribution in [3.8, 4) is 0 Å². The molecule has 0 radical (unpaired) electrons. The van der Waals surface area contributed by atoms with Gasteiger partial charge < -0.3 is 9.64 Å². The number of aromatic nitrogens is 2. The van der Waals surface area contributed by atoms with Crippen molar-refractivity contribution in [2.75, 3.05) is 19.1 Å². The third kappa shape index (κ3) is 4.47. The number of halogens is 1. The molecule has 1 heterocycles. The van der Waals surface area contributed by atoms with E-state index in [0.29, 0.717) is 10.7 Å². The zero-order chi connectivity index (χ0) is 21.0. The van der Waals surface area contributed by atoms with Crippen molar-refractivity contribution in [1.82, 2.24) is 9.97 Å². The van der Waals surface area contributed by atoms with Crippen LogP contribution < -0.4 is 4.90 Å². The number of carbonyl (C=O) groups excluding carboxylic acids is 1. The average molecular weight is 431 g/mol. The molecule has 29 heavy (non-hydrogen) atoms. The Labute approximate surface area is 175 Å². The zero-order valence-electron chi connectivity index (χ0n) is 15.4. The quantitative estimate of drug-likeness (QED) is 0.239. The van der Waals surface area contributed by atoms with Crippen LogP contribution in [0.3, 0.4) is 0 Å². The first-order valence-corrected chi connectivity index (χ1v) is 9.45. The van der Waals surface area contributed by atoms with E-state index in [1.165, 1.54) is 18.3 Å². The summed E-state index contributed by atoms with van der Waals surface area (Å²) in [5.41, 5.74) is 0.413. The van der Waals surface area contributed by atoms with E-state index >= 15 is 0 Å². The minimum Gasteiger partial charge on any atom is -0.465 e. The summed E-state index contributed by atoms with van der Waals surface area (Å²) >= 11 is 7.02. The van der Waals surface area contributed by atoms with Crippen molar-refractivity contribution in [2.45, 2.75) is 9.92 Å². The Balaban J connectivity index is 2.07. The largest absolute Gasteiger partial charge is 0.465 e. The molecule has 0 saturated carbocycles. The molecule has 0 unspecified atom stereocenters. The summed E-state index contributed by atoms with van der Waals surface area (Å²) < 4.78 is 4.81. The predicted octanol–water partition coefficient (Wildman–Crippen LogP) is 4.74. The molecule has 148 valence electrons. The van der Waals surface area contributed by atoms with Crippen LogP contribution in [0.4, 0.5) is 17.2 Å². The molecule has 0 aliphatic heterocycles. The smallest absolute Gasteiger partial charge is 0.344 e. The number of ether oxygens (including phenoxy) is 1. The van der Waals surface area contributed by atoms with Gasteiger partial charge in [0.2, 0.25) is 5.82 Å². The van der Waals surface area contributed by atoms with Crippen LogP contribution in [0, 0.1) is 10.1 Å². The number of carbonyl (C=O) groups is 1. The lowest BCUT2D eigenvalue weighted by atomic mass is 10.1. The molecule has 0 bridgehead atoms. The fraction of sp³-hybridized carbons (Fsp3) is 0.105. The van der Waals surface area contributed by atoms with Gasteiger partial charge >= 0.3 is 11.7 Å². The van der Waals surface area contributed by atoms with E-state index in [4.69, 9.17) is 16.3 Å². The number of methoxy groups -OCH3 is 1. The molecule has 0 amide bonds. The van der Waals surface area contributed by atoms with Crippen molar-refractivity contribution in [2.24, 2.45) is 0 Å². The Hall–Kier alpha value is -3.17. The number of hydrogen-bond acceptors (Lipinski definition) is 8.